The molecular weight excluding hydrogens is 388 g/mol. The maximum absolute atomic E-state index is 5.43. The second-order valence-electron chi connectivity index (χ2n) is 6.99. The maximum atomic E-state index is 5.43. The van der Waals surface area contributed by atoms with E-state index in [0.717, 1.165) is 11.4 Å². The van der Waals surface area contributed by atoms with Crippen LogP contribution in [0.15, 0.2) is 36.4 Å². The third-order valence-corrected chi connectivity index (χ3v) is 4.31. The molecule has 3 heterocycles. The molecule has 0 saturated carbocycles. The van der Waals surface area contributed by atoms with Gasteiger partial charge in [0.1, 0.15) is 0 Å². The number of hydrogen-bond acceptors (Lipinski definition) is 10. The van der Waals surface area contributed by atoms with Gasteiger partial charge in [-0.2, -0.15) is 15.0 Å². The smallest absolute Gasteiger partial charge is 0.233 e. The van der Waals surface area contributed by atoms with Crippen LogP contribution in [0.2, 0.25) is 0 Å². The van der Waals surface area contributed by atoms with Gasteiger partial charge in [-0.25, -0.2) is 0 Å². The van der Waals surface area contributed by atoms with Gasteiger partial charge in [-0.05, 0) is 38.1 Å². The maximum Gasteiger partial charge on any atom is 0.233 e. The Kier molecular flexibility index (Phi) is 4.51. The van der Waals surface area contributed by atoms with Crippen molar-refractivity contribution in [3.63, 3.8) is 0 Å². The zero-order valence-electron chi connectivity index (χ0n) is 16.4. The molecule has 3 aromatic rings. The van der Waals surface area contributed by atoms with E-state index in [1.165, 1.54) is 0 Å². The van der Waals surface area contributed by atoms with E-state index in [0.29, 0.717) is 40.8 Å². The van der Waals surface area contributed by atoms with E-state index in [9.17, 15) is 0 Å². The molecule has 5 rings (SSSR count). The van der Waals surface area contributed by atoms with Crippen LogP contribution in [-0.2, 0) is 0 Å². The summed E-state index contributed by atoms with van der Waals surface area (Å²) < 4.78 is 21.6. The molecule has 10 nitrogen and oxygen atoms in total. The normalized spacial score (nSPS) is 13.4. The van der Waals surface area contributed by atoms with E-state index < -0.39 is 0 Å². The zero-order valence-corrected chi connectivity index (χ0v) is 16.4. The summed E-state index contributed by atoms with van der Waals surface area (Å²) >= 11 is 0. The Balaban J connectivity index is 1.42. The van der Waals surface area contributed by atoms with Crippen LogP contribution >= 0.6 is 0 Å². The van der Waals surface area contributed by atoms with Gasteiger partial charge in [0.15, 0.2) is 23.0 Å². The van der Waals surface area contributed by atoms with Gasteiger partial charge in [0.2, 0.25) is 31.4 Å². The first-order valence-electron chi connectivity index (χ1n) is 9.48. The fourth-order valence-corrected chi connectivity index (χ4v) is 3.02. The summed E-state index contributed by atoms with van der Waals surface area (Å²) in [6.07, 6.45) is 0. The zero-order chi connectivity index (χ0) is 20.5. The number of anilines is 5. The first-order valence-corrected chi connectivity index (χ1v) is 9.48. The lowest BCUT2D eigenvalue weighted by molar-refractivity contribution is 0.173. The first kappa shape index (κ1) is 18.1. The third kappa shape index (κ3) is 3.79. The summed E-state index contributed by atoms with van der Waals surface area (Å²) in [4.78, 5) is 13.4. The van der Waals surface area contributed by atoms with E-state index in [1.54, 1.807) is 0 Å². The largest absolute Gasteiger partial charge is 0.454 e. The number of ether oxygens (including phenoxy) is 4. The standard InChI is InChI=1S/C20H20N6O4/c1-11(2)21-18-24-19(22-12-3-5-14-16(7-12)29-9-27-14)26-20(25-18)23-13-4-6-15-17(8-13)30-10-28-15/h3-8,11H,9-10H2,1-2H3,(H3,21,22,23,24,25,26). The quantitative estimate of drug-likeness (QED) is 0.559. The summed E-state index contributed by atoms with van der Waals surface area (Å²) in [5, 5.41) is 9.59. The van der Waals surface area contributed by atoms with Gasteiger partial charge in [-0.15, -0.1) is 0 Å². The Morgan fingerprint density at radius 2 is 1.13 bits per heavy atom. The monoisotopic (exact) mass is 408 g/mol. The van der Waals surface area contributed by atoms with Gasteiger partial charge < -0.3 is 34.9 Å². The Morgan fingerprint density at radius 3 is 1.63 bits per heavy atom. The summed E-state index contributed by atoms with van der Waals surface area (Å²) in [5.41, 5.74) is 1.55. The molecule has 2 aliphatic rings. The van der Waals surface area contributed by atoms with Crippen molar-refractivity contribution in [2.24, 2.45) is 0 Å². The second-order valence-corrected chi connectivity index (χ2v) is 6.99. The molecule has 30 heavy (non-hydrogen) atoms. The minimum atomic E-state index is 0.157. The summed E-state index contributed by atoms with van der Waals surface area (Å²) in [7, 11) is 0. The Bertz CT molecular complexity index is 1010. The van der Waals surface area contributed by atoms with Crippen molar-refractivity contribution in [1.29, 1.82) is 0 Å². The predicted octanol–water partition coefficient (Wildman–Crippen LogP) is 3.64. The highest BCUT2D eigenvalue weighted by molar-refractivity contribution is 5.64. The van der Waals surface area contributed by atoms with Crippen molar-refractivity contribution in [1.82, 2.24) is 15.0 Å². The predicted molar refractivity (Wildman–Crippen MR) is 110 cm³/mol. The van der Waals surface area contributed by atoms with Crippen molar-refractivity contribution >= 4 is 29.2 Å². The van der Waals surface area contributed by atoms with Gasteiger partial charge in [0.25, 0.3) is 0 Å². The lowest BCUT2D eigenvalue weighted by atomic mass is 10.3. The van der Waals surface area contributed by atoms with Crippen LogP contribution < -0.4 is 34.9 Å². The number of rotatable bonds is 6. The van der Waals surface area contributed by atoms with E-state index in [2.05, 4.69) is 30.9 Å². The van der Waals surface area contributed by atoms with Crippen molar-refractivity contribution in [3.05, 3.63) is 36.4 Å². The molecule has 0 radical (unpaired) electrons. The number of nitrogens with zero attached hydrogens (tertiary/aromatic N) is 3. The highest BCUT2D eigenvalue weighted by atomic mass is 16.7. The van der Waals surface area contributed by atoms with E-state index >= 15 is 0 Å². The average Bonchev–Trinajstić information content (AvgIpc) is 3.35. The van der Waals surface area contributed by atoms with Crippen molar-refractivity contribution in [2.45, 2.75) is 19.9 Å². The van der Waals surface area contributed by atoms with Gasteiger partial charge in [-0.3, -0.25) is 0 Å². The van der Waals surface area contributed by atoms with Crippen LogP contribution in [-0.4, -0.2) is 34.6 Å². The van der Waals surface area contributed by atoms with Gasteiger partial charge in [0.05, 0.1) is 0 Å². The molecular formula is C20H20N6O4. The highest BCUT2D eigenvalue weighted by Gasteiger charge is 2.16. The van der Waals surface area contributed by atoms with Crippen LogP contribution in [0.25, 0.3) is 0 Å². The third-order valence-electron chi connectivity index (χ3n) is 4.31. The fraction of sp³-hybridized carbons (Fsp3) is 0.250. The second kappa shape index (κ2) is 7.47. The number of nitrogens with one attached hydrogen (secondary N) is 3. The minimum absolute atomic E-state index is 0.157. The van der Waals surface area contributed by atoms with Crippen LogP contribution in [0.3, 0.4) is 0 Å². The molecule has 2 aliphatic heterocycles. The fourth-order valence-electron chi connectivity index (χ4n) is 3.02. The average molecular weight is 408 g/mol. The van der Waals surface area contributed by atoms with Crippen molar-refractivity contribution in [2.75, 3.05) is 29.5 Å². The number of benzene rings is 2. The lowest BCUT2D eigenvalue weighted by Gasteiger charge is -2.13. The molecule has 0 spiro atoms. The lowest BCUT2D eigenvalue weighted by Crippen LogP contribution is -2.15. The number of fused-ring (bicyclic) bond motifs is 2. The topological polar surface area (TPSA) is 112 Å². The first-order chi connectivity index (χ1) is 14.6. The molecule has 2 aromatic carbocycles. The molecule has 1 aromatic heterocycles. The van der Waals surface area contributed by atoms with Gasteiger partial charge in [0, 0.05) is 29.5 Å². The van der Waals surface area contributed by atoms with E-state index in [-0.39, 0.29) is 19.6 Å². The summed E-state index contributed by atoms with van der Waals surface area (Å²) in [6, 6.07) is 11.3. The van der Waals surface area contributed by atoms with Crippen LogP contribution in [0, 0.1) is 0 Å². The van der Waals surface area contributed by atoms with E-state index in [1.807, 2.05) is 50.2 Å². The summed E-state index contributed by atoms with van der Waals surface area (Å²) in [5.74, 6) is 3.99. The molecule has 0 unspecified atom stereocenters. The molecule has 0 bridgehead atoms. The Hall–Kier alpha value is -3.95. The highest BCUT2D eigenvalue weighted by Crippen LogP contribution is 2.36. The molecule has 0 amide bonds. The van der Waals surface area contributed by atoms with Gasteiger partial charge in [-0.1, -0.05) is 0 Å². The van der Waals surface area contributed by atoms with Crippen LogP contribution in [0.4, 0.5) is 29.2 Å². The van der Waals surface area contributed by atoms with Gasteiger partial charge >= 0.3 is 0 Å². The molecule has 3 N–H and O–H groups in total. The summed E-state index contributed by atoms with van der Waals surface area (Å²) in [6.45, 7) is 4.46. The van der Waals surface area contributed by atoms with Crippen LogP contribution in [0.1, 0.15) is 13.8 Å². The number of hydrogen-bond donors (Lipinski definition) is 3. The van der Waals surface area contributed by atoms with Crippen LogP contribution in [0.5, 0.6) is 23.0 Å². The Morgan fingerprint density at radius 1 is 0.667 bits per heavy atom. The number of aromatic nitrogens is 3. The molecule has 0 aliphatic carbocycles. The molecule has 10 heteroatoms. The molecule has 154 valence electrons. The SMILES string of the molecule is CC(C)Nc1nc(Nc2ccc3c(c2)OCO3)nc(Nc2ccc3c(c2)OCO3)n1. The van der Waals surface area contributed by atoms with E-state index in [4.69, 9.17) is 18.9 Å². The molecule has 0 fully saturated rings. The molecule has 0 saturated heterocycles. The minimum Gasteiger partial charge on any atom is -0.454 e. The Labute approximate surface area is 172 Å². The van der Waals surface area contributed by atoms with Crippen molar-refractivity contribution in [3.8, 4) is 23.0 Å². The molecule has 0 atom stereocenters. The van der Waals surface area contributed by atoms with Crippen molar-refractivity contribution < 1.29 is 18.9 Å².